The number of ether oxygens (including phenoxy) is 1. The molecule has 1 aliphatic rings. The first kappa shape index (κ1) is 18.7. The van der Waals surface area contributed by atoms with E-state index in [0.717, 1.165) is 0 Å². The lowest BCUT2D eigenvalue weighted by Crippen LogP contribution is -2.62. The summed E-state index contributed by atoms with van der Waals surface area (Å²) in [6, 6.07) is 12.6. The minimum absolute atomic E-state index is 0.00188. The second kappa shape index (κ2) is 7.24. The summed E-state index contributed by atoms with van der Waals surface area (Å²) in [5.74, 6) is 0.268. The lowest BCUT2D eigenvalue weighted by atomic mass is 9.77. The quantitative estimate of drug-likeness (QED) is 0.514. The molecule has 1 aliphatic carbocycles. The van der Waals surface area contributed by atoms with Crippen LogP contribution >= 0.6 is 11.6 Å². The number of nitrogens with one attached hydrogen (secondary N) is 2. The lowest BCUT2D eigenvalue weighted by molar-refractivity contribution is -0.138. The smallest absolute Gasteiger partial charge is 0.264 e. The predicted octanol–water partition coefficient (Wildman–Crippen LogP) is 2.84. The van der Waals surface area contributed by atoms with Crippen LogP contribution in [0.2, 0.25) is 5.02 Å². The number of hydroxylamine groups is 1. The van der Waals surface area contributed by atoms with Crippen molar-refractivity contribution in [3.8, 4) is 11.5 Å². The van der Waals surface area contributed by atoms with Gasteiger partial charge in [-0.1, -0.05) is 11.6 Å². The maximum absolute atomic E-state index is 12.5. The van der Waals surface area contributed by atoms with Gasteiger partial charge in [0.25, 0.3) is 5.91 Å². The van der Waals surface area contributed by atoms with Gasteiger partial charge in [0.05, 0.1) is 4.90 Å². The topological polar surface area (TPSA) is 105 Å². The molecule has 138 valence electrons. The zero-order valence-electron chi connectivity index (χ0n) is 13.6. The predicted molar refractivity (Wildman–Crippen MR) is 94.8 cm³/mol. The molecule has 0 atom stereocenters. The molecule has 1 amide bonds. The molecule has 1 saturated carbocycles. The molecule has 1 fully saturated rings. The number of halogens is 1. The molecule has 0 aromatic heterocycles. The SMILES string of the molecule is O=C(NO)C1(NS(=O)(=O)c2ccc(Oc3ccc(Cl)cc3)cc2)CCC1. The summed E-state index contributed by atoms with van der Waals surface area (Å²) < 4.78 is 33.1. The number of rotatable bonds is 6. The van der Waals surface area contributed by atoms with E-state index in [1.165, 1.54) is 29.7 Å². The standard InChI is InChI=1S/C17H17ClN2O5S/c18-12-2-4-13(5-3-12)25-14-6-8-15(9-7-14)26(23,24)20-17(10-1-11-17)16(21)19-22/h2-9,20,22H,1,10-11H2,(H,19,21). The van der Waals surface area contributed by atoms with Gasteiger partial charge in [0.15, 0.2) is 0 Å². The third-order valence-electron chi connectivity index (χ3n) is 4.26. The summed E-state index contributed by atoms with van der Waals surface area (Å²) in [5.41, 5.74) is 0.227. The Morgan fingerprint density at radius 1 is 1.04 bits per heavy atom. The first-order chi connectivity index (χ1) is 12.3. The van der Waals surface area contributed by atoms with Crippen LogP contribution in [0.5, 0.6) is 11.5 Å². The average Bonchev–Trinajstić information content (AvgIpc) is 2.60. The van der Waals surface area contributed by atoms with Gasteiger partial charge in [-0.05, 0) is 67.8 Å². The van der Waals surface area contributed by atoms with Crippen molar-refractivity contribution < 1.29 is 23.2 Å². The van der Waals surface area contributed by atoms with Crippen molar-refractivity contribution in [2.45, 2.75) is 29.7 Å². The molecule has 3 rings (SSSR count). The highest BCUT2D eigenvalue weighted by molar-refractivity contribution is 7.89. The van der Waals surface area contributed by atoms with Crippen molar-refractivity contribution in [3.05, 3.63) is 53.6 Å². The zero-order chi connectivity index (χ0) is 18.8. The maximum atomic E-state index is 12.5. The summed E-state index contributed by atoms with van der Waals surface area (Å²) in [6.45, 7) is 0. The monoisotopic (exact) mass is 396 g/mol. The van der Waals surface area contributed by atoms with Gasteiger partial charge >= 0.3 is 0 Å². The van der Waals surface area contributed by atoms with E-state index < -0.39 is 21.5 Å². The van der Waals surface area contributed by atoms with Gasteiger partial charge in [0.2, 0.25) is 10.0 Å². The molecule has 3 N–H and O–H groups in total. The summed E-state index contributed by atoms with van der Waals surface area (Å²) in [7, 11) is -3.92. The molecular weight excluding hydrogens is 380 g/mol. The number of amides is 1. The molecule has 26 heavy (non-hydrogen) atoms. The van der Waals surface area contributed by atoms with Crippen molar-refractivity contribution in [3.63, 3.8) is 0 Å². The van der Waals surface area contributed by atoms with Gasteiger partial charge in [0, 0.05) is 5.02 Å². The van der Waals surface area contributed by atoms with Crippen LogP contribution in [0.3, 0.4) is 0 Å². The molecule has 0 saturated heterocycles. The summed E-state index contributed by atoms with van der Waals surface area (Å²) in [5, 5.41) is 9.42. The largest absolute Gasteiger partial charge is 0.457 e. The Balaban J connectivity index is 1.74. The van der Waals surface area contributed by atoms with Gasteiger partial charge in [-0.2, -0.15) is 4.72 Å². The number of carbonyl (C=O) groups is 1. The zero-order valence-corrected chi connectivity index (χ0v) is 15.2. The summed E-state index contributed by atoms with van der Waals surface area (Å²) in [6.07, 6.45) is 1.36. The van der Waals surface area contributed by atoms with E-state index in [4.69, 9.17) is 21.5 Å². The van der Waals surface area contributed by atoms with E-state index in [9.17, 15) is 13.2 Å². The Hall–Kier alpha value is -2.13. The average molecular weight is 397 g/mol. The van der Waals surface area contributed by atoms with Crippen LogP contribution in [0.25, 0.3) is 0 Å². The third-order valence-corrected chi connectivity index (χ3v) is 6.06. The van der Waals surface area contributed by atoms with E-state index >= 15 is 0 Å². The third kappa shape index (κ3) is 3.83. The van der Waals surface area contributed by atoms with Crippen LogP contribution in [-0.2, 0) is 14.8 Å². The number of sulfonamides is 1. The fraction of sp³-hybridized carbons (Fsp3) is 0.235. The van der Waals surface area contributed by atoms with Crippen LogP contribution < -0.4 is 14.9 Å². The Labute approximate surface area is 155 Å². The highest BCUT2D eigenvalue weighted by Gasteiger charge is 2.47. The molecule has 0 aliphatic heterocycles. The van der Waals surface area contributed by atoms with Gasteiger partial charge < -0.3 is 4.74 Å². The van der Waals surface area contributed by atoms with Crippen LogP contribution in [0, 0.1) is 0 Å². The van der Waals surface area contributed by atoms with Crippen molar-refractivity contribution in [2.24, 2.45) is 0 Å². The minimum Gasteiger partial charge on any atom is -0.457 e. The van der Waals surface area contributed by atoms with E-state index in [-0.39, 0.29) is 4.90 Å². The molecule has 0 spiro atoms. The Morgan fingerprint density at radius 3 is 2.04 bits per heavy atom. The van der Waals surface area contributed by atoms with Crippen LogP contribution in [-0.4, -0.2) is 25.1 Å². The van der Waals surface area contributed by atoms with Crippen molar-refractivity contribution >= 4 is 27.5 Å². The fourth-order valence-electron chi connectivity index (χ4n) is 2.65. The van der Waals surface area contributed by atoms with Gasteiger partial charge in [-0.15, -0.1) is 0 Å². The highest BCUT2D eigenvalue weighted by atomic mass is 35.5. The minimum atomic E-state index is -3.92. The Kier molecular flexibility index (Phi) is 5.19. The summed E-state index contributed by atoms with van der Waals surface area (Å²) in [4.78, 5) is 11.8. The van der Waals surface area contributed by atoms with E-state index in [1.54, 1.807) is 24.3 Å². The maximum Gasteiger partial charge on any atom is 0.264 e. The molecule has 0 radical (unpaired) electrons. The van der Waals surface area contributed by atoms with Gasteiger partial charge in [0.1, 0.15) is 17.0 Å². The Morgan fingerprint density at radius 2 is 1.58 bits per heavy atom. The molecular formula is C17H17ClN2O5S. The van der Waals surface area contributed by atoms with Crippen LogP contribution in [0.4, 0.5) is 0 Å². The second-order valence-corrected chi connectivity index (χ2v) is 8.13. The summed E-state index contributed by atoms with van der Waals surface area (Å²) >= 11 is 5.81. The first-order valence-electron chi connectivity index (χ1n) is 7.87. The highest BCUT2D eigenvalue weighted by Crippen LogP contribution is 2.34. The second-order valence-electron chi connectivity index (χ2n) is 6.01. The molecule has 0 bridgehead atoms. The first-order valence-corrected chi connectivity index (χ1v) is 9.73. The van der Waals surface area contributed by atoms with Crippen molar-refractivity contribution in [1.82, 2.24) is 10.2 Å². The van der Waals surface area contributed by atoms with Crippen LogP contribution in [0.15, 0.2) is 53.4 Å². The Bertz CT molecular complexity index is 894. The van der Waals surface area contributed by atoms with Gasteiger partial charge in [-0.3, -0.25) is 10.0 Å². The molecule has 9 heteroatoms. The molecule has 0 unspecified atom stereocenters. The molecule has 7 nitrogen and oxygen atoms in total. The normalized spacial score (nSPS) is 15.8. The lowest BCUT2D eigenvalue weighted by Gasteiger charge is -2.39. The number of benzene rings is 2. The van der Waals surface area contributed by atoms with E-state index in [1.807, 2.05) is 0 Å². The number of hydrogen-bond acceptors (Lipinski definition) is 5. The van der Waals surface area contributed by atoms with Crippen LogP contribution in [0.1, 0.15) is 19.3 Å². The van der Waals surface area contributed by atoms with Crippen molar-refractivity contribution in [2.75, 3.05) is 0 Å². The molecule has 2 aromatic rings. The number of carbonyl (C=O) groups excluding carboxylic acids is 1. The molecule has 2 aromatic carbocycles. The van der Waals surface area contributed by atoms with Crippen molar-refractivity contribution in [1.29, 1.82) is 0 Å². The fourth-order valence-corrected chi connectivity index (χ4v) is 4.20. The van der Waals surface area contributed by atoms with Gasteiger partial charge in [-0.25, -0.2) is 13.9 Å². The van der Waals surface area contributed by atoms with E-state index in [2.05, 4.69) is 4.72 Å². The number of hydrogen-bond donors (Lipinski definition) is 3. The molecule has 0 heterocycles. The van der Waals surface area contributed by atoms with E-state index in [0.29, 0.717) is 35.8 Å².